The molecular formula is C22H25N7O. The molecule has 8 nitrogen and oxygen atoms in total. The van der Waals surface area contributed by atoms with E-state index in [0.717, 1.165) is 24.3 Å². The van der Waals surface area contributed by atoms with E-state index in [2.05, 4.69) is 48.7 Å². The molecule has 2 aromatic carbocycles. The molecule has 0 atom stereocenters. The van der Waals surface area contributed by atoms with Gasteiger partial charge in [0.15, 0.2) is 0 Å². The van der Waals surface area contributed by atoms with Gasteiger partial charge in [-0.1, -0.05) is 47.5 Å². The molecule has 1 saturated heterocycles. The normalized spacial score (nSPS) is 14.1. The van der Waals surface area contributed by atoms with Crippen LogP contribution in [0.25, 0.3) is 0 Å². The number of anilines is 4. The molecule has 0 aliphatic carbocycles. The molecule has 154 valence electrons. The van der Waals surface area contributed by atoms with Crippen molar-refractivity contribution in [3.63, 3.8) is 0 Å². The Labute approximate surface area is 176 Å². The highest BCUT2D eigenvalue weighted by Gasteiger charge is 2.16. The second-order valence-electron chi connectivity index (χ2n) is 7.16. The quantitative estimate of drug-likeness (QED) is 0.481. The summed E-state index contributed by atoms with van der Waals surface area (Å²) in [5.41, 5.74) is 7.22. The minimum Gasteiger partial charge on any atom is -0.378 e. The minimum atomic E-state index is 0.380. The monoisotopic (exact) mass is 403 g/mol. The largest absolute Gasteiger partial charge is 0.378 e. The van der Waals surface area contributed by atoms with Crippen molar-refractivity contribution in [3.8, 4) is 0 Å². The summed E-state index contributed by atoms with van der Waals surface area (Å²) in [4.78, 5) is 15.7. The van der Waals surface area contributed by atoms with Crippen LogP contribution in [0.4, 0.5) is 23.5 Å². The molecule has 1 aliphatic rings. The number of aryl methyl sites for hydroxylation is 2. The van der Waals surface area contributed by atoms with Crippen LogP contribution in [-0.4, -0.2) is 47.5 Å². The van der Waals surface area contributed by atoms with Gasteiger partial charge in [0.25, 0.3) is 0 Å². The van der Waals surface area contributed by atoms with E-state index in [-0.39, 0.29) is 0 Å². The lowest BCUT2D eigenvalue weighted by atomic mass is 10.2. The van der Waals surface area contributed by atoms with Gasteiger partial charge < -0.3 is 15.0 Å². The summed E-state index contributed by atoms with van der Waals surface area (Å²) in [7, 11) is 0. The van der Waals surface area contributed by atoms with Crippen molar-refractivity contribution in [1.29, 1.82) is 0 Å². The highest BCUT2D eigenvalue weighted by molar-refractivity contribution is 5.80. The molecule has 30 heavy (non-hydrogen) atoms. The molecule has 0 bridgehead atoms. The van der Waals surface area contributed by atoms with Gasteiger partial charge in [-0.25, -0.2) is 5.43 Å². The fourth-order valence-electron chi connectivity index (χ4n) is 3.06. The first-order valence-corrected chi connectivity index (χ1v) is 9.94. The van der Waals surface area contributed by atoms with Crippen molar-refractivity contribution in [3.05, 3.63) is 65.2 Å². The van der Waals surface area contributed by atoms with Crippen LogP contribution in [0.1, 0.15) is 16.7 Å². The Bertz CT molecular complexity index is 1010. The van der Waals surface area contributed by atoms with Gasteiger partial charge in [0.2, 0.25) is 17.8 Å². The van der Waals surface area contributed by atoms with Gasteiger partial charge in [-0.3, -0.25) is 0 Å². The maximum atomic E-state index is 5.44. The number of morpholine rings is 1. The topological polar surface area (TPSA) is 87.6 Å². The molecule has 8 heteroatoms. The molecule has 2 N–H and O–H groups in total. The maximum absolute atomic E-state index is 5.44. The van der Waals surface area contributed by atoms with Crippen LogP contribution >= 0.6 is 0 Å². The summed E-state index contributed by atoms with van der Waals surface area (Å²) < 4.78 is 5.44. The molecule has 4 rings (SSSR count). The highest BCUT2D eigenvalue weighted by Crippen LogP contribution is 2.19. The smallest absolute Gasteiger partial charge is 0.250 e. The van der Waals surface area contributed by atoms with E-state index in [4.69, 9.17) is 4.74 Å². The van der Waals surface area contributed by atoms with E-state index in [0.29, 0.717) is 31.1 Å². The Kier molecular flexibility index (Phi) is 6.14. The Morgan fingerprint density at radius 3 is 2.47 bits per heavy atom. The number of hydrazone groups is 1. The molecule has 0 saturated carbocycles. The van der Waals surface area contributed by atoms with E-state index < -0.39 is 0 Å². The first-order chi connectivity index (χ1) is 14.7. The van der Waals surface area contributed by atoms with Gasteiger partial charge in [-0.15, -0.1) is 0 Å². The van der Waals surface area contributed by atoms with Gasteiger partial charge in [-0.05, 0) is 31.5 Å². The average molecular weight is 403 g/mol. The van der Waals surface area contributed by atoms with Gasteiger partial charge in [0, 0.05) is 18.8 Å². The standard InChI is InChI=1S/C22H25N7O/c1-16-6-8-19(9-7-16)24-20-25-21(27-22(26-20)29-10-12-30-13-11-29)28-23-15-18-5-3-4-17(2)14-18/h3-9,14-15H,10-13H2,1-2H3,(H2,24,25,26,27,28)/b23-15+. The fourth-order valence-corrected chi connectivity index (χ4v) is 3.06. The molecule has 0 unspecified atom stereocenters. The Morgan fingerprint density at radius 2 is 1.70 bits per heavy atom. The predicted molar refractivity (Wildman–Crippen MR) is 120 cm³/mol. The van der Waals surface area contributed by atoms with Crippen molar-refractivity contribution >= 4 is 29.7 Å². The number of nitrogens with zero attached hydrogens (tertiary/aromatic N) is 5. The predicted octanol–water partition coefficient (Wildman–Crippen LogP) is 3.51. The lowest BCUT2D eigenvalue weighted by Gasteiger charge is -2.27. The van der Waals surface area contributed by atoms with Crippen LogP contribution in [0.5, 0.6) is 0 Å². The summed E-state index contributed by atoms with van der Waals surface area (Å²) in [6.07, 6.45) is 1.75. The van der Waals surface area contributed by atoms with Crippen LogP contribution in [0.2, 0.25) is 0 Å². The van der Waals surface area contributed by atoms with E-state index in [1.54, 1.807) is 6.21 Å². The van der Waals surface area contributed by atoms with Gasteiger partial charge in [0.1, 0.15) is 0 Å². The molecular weight excluding hydrogens is 378 g/mol. The molecule has 1 fully saturated rings. The zero-order chi connectivity index (χ0) is 20.8. The number of ether oxygens (including phenoxy) is 1. The fraction of sp³-hybridized carbons (Fsp3) is 0.273. The lowest BCUT2D eigenvalue weighted by Crippen LogP contribution is -2.37. The summed E-state index contributed by atoms with van der Waals surface area (Å²) in [6, 6.07) is 16.2. The van der Waals surface area contributed by atoms with Crippen LogP contribution in [-0.2, 0) is 4.74 Å². The molecule has 0 amide bonds. The third kappa shape index (κ3) is 5.30. The molecule has 2 heterocycles. The third-order valence-corrected chi connectivity index (χ3v) is 4.65. The number of benzene rings is 2. The third-order valence-electron chi connectivity index (χ3n) is 4.65. The summed E-state index contributed by atoms with van der Waals surface area (Å²) in [6.45, 7) is 6.88. The number of hydrogen-bond donors (Lipinski definition) is 2. The van der Waals surface area contributed by atoms with Crippen molar-refractivity contribution in [2.24, 2.45) is 5.10 Å². The Morgan fingerprint density at radius 1 is 0.933 bits per heavy atom. The SMILES string of the molecule is Cc1ccc(Nc2nc(N/N=C/c3cccc(C)c3)nc(N3CCOCC3)n2)cc1. The number of rotatable bonds is 6. The summed E-state index contributed by atoms with van der Waals surface area (Å²) in [5, 5.41) is 7.55. The van der Waals surface area contributed by atoms with Gasteiger partial charge in [-0.2, -0.15) is 20.1 Å². The molecule has 0 radical (unpaired) electrons. The number of nitrogens with one attached hydrogen (secondary N) is 2. The first-order valence-electron chi connectivity index (χ1n) is 9.94. The van der Waals surface area contributed by atoms with Crippen LogP contribution in [0, 0.1) is 13.8 Å². The van der Waals surface area contributed by atoms with Crippen LogP contribution in [0.15, 0.2) is 53.6 Å². The first kappa shape index (κ1) is 19.8. The van der Waals surface area contributed by atoms with Gasteiger partial charge in [0.05, 0.1) is 19.4 Å². The summed E-state index contributed by atoms with van der Waals surface area (Å²) in [5.74, 6) is 1.43. The molecule has 0 spiro atoms. The number of hydrogen-bond acceptors (Lipinski definition) is 8. The van der Waals surface area contributed by atoms with E-state index in [9.17, 15) is 0 Å². The van der Waals surface area contributed by atoms with Crippen LogP contribution in [0.3, 0.4) is 0 Å². The van der Waals surface area contributed by atoms with E-state index >= 15 is 0 Å². The average Bonchev–Trinajstić information content (AvgIpc) is 2.76. The lowest BCUT2D eigenvalue weighted by molar-refractivity contribution is 0.122. The number of aromatic nitrogens is 3. The van der Waals surface area contributed by atoms with Crippen molar-refractivity contribution in [2.45, 2.75) is 13.8 Å². The Balaban J connectivity index is 1.56. The molecule has 1 aliphatic heterocycles. The van der Waals surface area contributed by atoms with Crippen molar-refractivity contribution in [2.75, 3.05) is 41.9 Å². The highest BCUT2D eigenvalue weighted by atomic mass is 16.5. The Hall–Kier alpha value is -3.52. The van der Waals surface area contributed by atoms with E-state index in [1.165, 1.54) is 11.1 Å². The zero-order valence-corrected chi connectivity index (χ0v) is 17.2. The second-order valence-corrected chi connectivity index (χ2v) is 7.16. The van der Waals surface area contributed by atoms with Gasteiger partial charge >= 0.3 is 0 Å². The molecule has 1 aromatic heterocycles. The van der Waals surface area contributed by atoms with Crippen molar-refractivity contribution in [1.82, 2.24) is 15.0 Å². The minimum absolute atomic E-state index is 0.380. The van der Waals surface area contributed by atoms with E-state index in [1.807, 2.05) is 49.4 Å². The summed E-state index contributed by atoms with van der Waals surface area (Å²) >= 11 is 0. The second kappa shape index (κ2) is 9.32. The zero-order valence-electron chi connectivity index (χ0n) is 17.2. The van der Waals surface area contributed by atoms with Crippen LogP contribution < -0.4 is 15.6 Å². The van der Waals surface area contributed by atoms with Crippen molar-refractivity contribution < 1.29 is 4.74 Å². The molecule has 3 aromatic rings. The maximum Gasteiger partial charge on any atom is 0.250 e.